The average molecular weight is 225 g/mol. The molecule has 2 rings (SSSR count). The molecule has 78 valence electrons. The van der Waals surface area contributed by atoms with Gasteiger partial charge in [0.25, 0.3) is 5.56 Å². The van der Waals surface area contributed by atoms with Crippen molar-refractivity contribution in [3.63, 3.8) is 0 Å². The fourth-order valence-corrected chi connectivity index (χ4v) is 2.07. The number of nitrogens with zero attached hydrogens (tertiary/aromatic N) is 1. The van der Waals surface area contributed by atoms with Crippen LogP contribution >= 0.6 is 11.3 Å². The van der Waals surface area contributed by atoms with Crippen LogP contribution in [0.1, 0.15) is 10.4 Å². The van der Waals surface area contributed by atoms with Crippen molar-refractivity contribution in [2.24, 2.45) is 0 Å². The summed E-state index contributed by atoms with van der Waals surface area (Å²) in [5.41, 5.74) is 5.58. The van der Waals surface area contributed by atoms with Crippen LogP contribution in [0.4, 0.5) is 5.95 Å². The summed E-state index contributed by atoms with van der Waals surface area (Å²) in [5.74, 6) is -0.546. The minimum Gasteiger partial charge on any atom is -0.465 e. The second-order valence-corrected chi connectivity index (χ2v) is 3.65. The lowest BCUT2D eigenvalue weighted by Gasteiger charge is -1.96. The van der Waals surface area contributed by atoms with Crippen LogP contribution in [-0.4, -0.2) is 23.0 Å². The van der Waals surface area contributed by atoms with Gasteiger partial charge in [-0.3, -0.25) is 9.78 Å². The van der Waals surface area contributed by atoms with Gasteiger partial charge in [0.15, 0.2) is 0 Å². The first-order chi connectivity index (χ1) is 7.13. The number of carbonyl (C=O) groups excluding carboxylic acids is 1. The molecule has 0 aliphatic heterocycles. The average Bonchev–Trinajstić information content (AvgIpc) is 2.60. The van der Waals surface area contributed by atoms with Gasteiger partial charge >= 0.3 is 5.97 Å². The molecular weight excluding hydrogens is 218 g/mol. The molecule has 0 atom stereocenters. The van der Waals surface area contributed by atoms with Gasteiger partial charge < -0.3 is 10.5 Å². The lowest BCUT2D eigenvalue weighted by atomic mass is 10.3. The molecule has 0 radical (unpaired) electrons. The van der Waals surface area contributed by atoms with Gasteiger partial charge in [0, 0.05) is 5.38 Å². The maximum Gasteiger partial charge on any atom is 0.340 e. The van der Waals surface area contributed by atoms with E-state index in [0.717, 1.165) is 11.3 Å². The number of rotatable bonds is 1. The Labute approximate surface area is 87.7 Å². The van der Waals surface area contributed by atoms with Crippen molar-refractivity contribution in [3.05, 3.63) is 21.3 Å². The van der Waals surface area contributed by atoms with Gasteiger partial charge in [-0.25, -0.2) is 9.78 Å². The largest absolute Gasteiger partial charge is 0.465 e. The molecule has 0 spiro atoms. The Balaban J connectivity index is 2.80. The number of nitrogens with one attached hydrogen (secondary N) is 1. The highest BCUT2D eigenvalue weighted by Gasteiger charge is 2.16. The van der Waals surface area contributed by atoms with E-state index in [1.165, 1.54) is 12.5 Å². The van der Waals surface area contributed by atoms with Gasteiger partial charge in [-0.05, 0) is 0 Å². The van der Waals surface area contributed by atoms with E-state index in [4.69, 9.17) is 5.73 Å². The van der Waals surface area contributed by atoms with Gasteiger partial charge in [-0.1, -0.05) is 0 Å². The van der Waals surface area contributed by atoms with Gasteiger partial charge in [0.05, 0.1) is 12.7 Å². The van der Waals surface area contributed by atoms with E-state index in [2.05, 4.69) is 14.7 Å². The molecule has 2 heterocycles. The van der Waals surface area contributed by atoms with E-state index < -0.39 is 5.97 Å². The van der Waals surface area contributed by atoms with Gasteiger partial charge in [0.2, 0.25) is 5.95 Å². The van der Waals surface area contributed by atoms with Crippen molar-refractivity contribution in [1.82, 2.24) is 9.97 Å². The summed E-state index contributed by atoms with van der Waals surface area (Å²) in [6.45, 7) is 0. The molecule has 0 aliphatic rings. The van der Waals surface area contributed by atoms with Crippen molar-refractivity contribution in [1.29, 1.82) is 0 Å². The van der Waals surface area contributed by atoms with Crippen molar-refractivity contribution < 1.29 is 9.53 Å². The van der Waals surface area contributed by atoms with Crippen molar-refractivity contribution in [2.75, 3.05) is 12.8 Å². The molecule has 0 amide bonds. The summed E-state index contributed by atoms with van der Waals surface area (Å²) in [4.78, 5) is 29.0. The van der Waals surface area contributed by atoms with Gasteiger partial charge in [0.1, 0.15) is 10.2 Å². The Hall–Kier alpha value is -1.89. The number of nitrogens with two attached hydrogens (primary N) is 1. The Morgan fingerprint density at radius 3 is 3.07 bits per heavy atom. The molecular formula is C8H7N3O3S. The van der Waals surface area contributed by atoms with Gasteiger partial charge in [-0.2, -0.15) is 0 Å². The van der Waals surface area contributed by atoms with Crippen molar-refractivity contribution in [2.45, 2.75) is 0 Å². The number of nitrogen functional groups attached to an aromatic ring is 1. The van der Waals surface area contributed by atoms with Crippen molar-refractivity contribution >= 4 is 33.5 Å². The lowest BCUT2D eigenvalue weighted by Crippen LogP contribution is -2.11. The maximum atomic E-state index is 11.4. The molecule has 15 heavy (non-hydrogen) atoms. The summed E-state index contributed by atoms with van der Waals surface area (Å²) >= 11 is 1.13. The van der Waals surface area contributed by atoms with Crippen LogP contribution < -0.4 is 11.3 Å². The predicted octanol–water partition coefficient (Wildman–Crippen LogP) is 0.353. The number of aromatic amines is 1. The third-order valence-corrected chi connectivity index (χ3v) is 2.82. The number of carbonyl (C=O) groups is 1. The summed E-state index contributed by atoms with van der Waals surface area (Å²) in [5, 5.41) is 1.53. The number of esters is 1. The summed E-state index contributed by atoms with van der Waals surface area (Å²) in [6, 6.07) is 0. The van der Waals surface area contributed by atoms with Crippen LogP contribution in [0.5, 0.6) is 0 Å². The predicted molar refractivity (Wildman–Crippen MR) is 56.0 cm³/mol. The molecule has 7 heteroatoms. The van der Waals surface area contributed by atoms with Crippen LogP contribution in [0, 0.1) is 0 Å². The summed E-state index contributed by atoms with van der Waals surface area (Å²) in [6.07, 6.45) is 0. The number of thiophene rings is 1. The number of anilines is 1. The normalized spacial score (nSPS) is 10.5. The molecule has 6 nitrogen and oxygen atoms in total. The molecule has 0 aliphatic carbocycles. The van der Waals surface area contributed by atoms with Crippen LogP contribution in [0.25, 0.3) is 10.2 Å². The fourth-order valence-electron chi connectivity index (χ4n) is 1.20. The Morgan fingerprint density at radius 2 is 2.40 bits per heavy atom. The Kier molecular flexibility index (Phi) is 2.16. The second-order valence-electron chi connectivity index (χ2n) is 2.77. The topological polar surface area (TPSA) is 98.1 Å². The maximum absolute atomic E-state index is 11.4. The van der Waals surface area contributed by atoms with E-state index >= 15 is 0 Å². The third-order valence-electron chi connectivity index (χ3n) is 1.85. The molecule has 0 saturated carbocycles. The molecule has 0 bridgehead atoms. The van der Waals surface area contributed by atoms with E-state index in [0.29, 0.717) is 4.70 Å². The number of H-pyrrole nitrogens is 1. The fraction of sp³-hybridized carbons (Fsp3) is 0.125. The SMILES string of the molecule is COC(=O)c1csc2c(=O)[nH]c(N)nc12. The first-order valence-corrected chi connectivity index (χ1v) is 4.86. The van der Waals surface area contributed by atoms with E-state index in [1.807, 2.05) is 0 Å². The molecule has 0 unspecified atom stereocenters. The molecule has 0 aromatic carbocycles. The van der Waals surface area contributed by atoms with Crippen LogP contribution in [0.3, 0.4) is 0 Å². The standard InChI is InChI=1S/C8H7N3O3S/c1-14-7(13)3-2-15-5-4(3)10-8(9)11-6(5)12/h2H,1H3,(H3,9,10,11,12). The smallest absolute Gasteiger partial charge is 0.340 e. The zero-order chi connectivity index (χ0) is 11.0. The molecule has 0 fully saturated rings. The first kappa shape index (κ1) is 9.66. The van der Waals surface area contributed by atoms with Crippen molar-refractivity contribution in [3.8, 4) is 0 Å². The third kappa shape index (κ3) is 1.46. The zero-order valence-corrected chi connectivity index (χ0v) is 8.55. The minimum absolute atomic E-state index is 0.0175. The summed E-state index contributed by atoms with van der Waals surface area (Å²) in [7, 11) is 1.27. The van der Waals surface area contributed by atoms with E-state index in [9.17, 15) is 9.59 Å². The Bertz CT molecular complexity index is 586. The zero-order valence-electron chi connectivity index (χ0n) is 7.73. The molecule has 0 saturated heterocycles. The highest BCUT2D eigenvalue weighted by Crippen LogP contribution is 2.21. The quantitative estimate of drug-likeness (QED) is 0.682. The lowest BCUT2D eigenvalue weighted by molar-refractivity contribution is 0.0603. The number of ether oxygens (including phenoxy) is 1. The van der Waals surface area contributed by atoms with Gasteiger partial charge in [-0.15, -0.1) is 11.3 Å². The number of methoxy groups -OCH3 is 1. The molecule has 2 aromatic rings. The number of hydrogen-bond donors (Lipinski definition) is 2. The number of fused-ring (bicyclic) bond motifs is 1. The molecule has 2 aromatic heterocycles. The van der Waals surface area contributed by atoms with E-state index in [1.54, 1.807) is 0 Å². The molecule has 3 N–H and O–H groups in total. The highest BCUT2D eigenvalue weighted by molar-refractivity contribution is 7.17. The first-order valence-electron chi connectivity index (χ1n) is 3.99. The van der Waals surface area contributed by atoms with E-state index in [-0.39, 0.29) is 22.6 Å². The Morgan fingerprint density at radius 1 is 1.67 bits per heavy atom. The second kappa shape index (κ2) is 3.35. The van der Waals surface area contributed by atoms with Crippen LogP contribution in [0.2, 0.25) is 0 Å². The number of hydrogen-bond acceptors (Lipinski definition) is 6. The summed E-state index contributed by atoms with van der Waals surface area (Å²) < 4.78 is 4.92. The monoisotopic (exact) mass is 225 g/mol. The number of aromatic nitrogens is 2. The minimum atomic E-state index is -0.529. The highest BCUT2D eigenvalue weighted by atomic mass is 32.1. The van der Waals surface area contributed by atoms with Crippen LogP contribution in [-0.2, 0) is 4.74 Å². The van der Waals surface area contributed by atoms with Crippen LogP contribution in [0.15, 0.2) is 10.2 Å².